The van der Waals surface area contributed by atoms with Gasteiger partial charge in [0.1, 0.15) is 0 Å². The second kappa shape index (κ2) is 6.96. The summed E-state index contributed by atoms with van der Waals surface area (Å²) in [5.74, 6) is 0. The van der Waals surface area contributed by atoms with Crippen LogP contribution in [-0.4, -0.2) is 0 Å². The molecule has 0 aromatic heterocycles. The smallest absolute Gasteiger partial charge is 0.213 e. The minimum absolute atomic E-state index is 0. The molecule has 0 amide bonds. The molecule has 0 heterocycles. The average molecular weight is 278 g/mol. The Morgan fingerprint density at radius 2 is 1.67 bits per heavy atom. The van der Waals surface area contributed by atoms with Crippen LogP contribution in [0.4, 0.5) is 0 Å². The average Bonchev–Trinajstić information content (AvgIpc) is 2.65. The first-order valence-electron chi connectivity index (χ1n) is 4.98. The van der Waals surface area contributed by atoms with Gasteiger partial charge < -0.3 is 0 Å². The summed E-state index contributed by atoms with van der Waals surface area (Å²) in [5.41, 5.74) is 5.50. The maximum absolute atomic E-state index is 2.17. The van der Waals surface area contributed by atoms with Gasteiger partial charge in [0.05, 0.1) is 0 Å². The summed E-state index contributed by atoms with van der Waals surface area (Å²) in [6.45, 7) is 8.45. The van der Waals surface area contributed by atoms with E-state index >= 15 is 0 Å². The number of hydrogen-bond donors (Lipinski definition) is 0. The van der Waals surface area contributed by atoms with Crippen LogP contribution in [0.5, 0.6) is 0 Å². The zero-order chi connectivity index (χ0) is 10.6. The van der Waals surface area contributed by atoms with Gasteiger partial charge in [-0.05, 0) is 0 Å². The molecule has 0 aliphatic heterocycles. The molecule has 15 heavy (non-hydrogen) atoms. The fraction of sp³-hybridized carbons (Fsp3) is 0.286. The normalized spacial score (nSPS) is 8.80. The van der Waals surface area contributed by atoms with Gasteiger partial charge in [-0.3, -0.25) is 0 Å². The van der Waals surface area contributed by atoms with Crippen molar-refractivity contribution in [2.24, 2.45) is 0 Å². The van der Waals surface area contributed by atoms with Gasteiger partial charge in [-0.25, -0.2) is 23.8 Å². The van der Waals surface area contributed by atoms with Gasteiger partial charge in [0, 0.05) is 0 Å². The van der Waals surface area contributed by atoms with Gasteiger partial charge in [0.2, 0.25) is 0 Å². The zero-order valence-corrected chi connectivity index (χ0v) is 12.4. The van der Waals surface area contributed by atoms with Crippen LogP contribution in [0.2, 0.25) is 0 Å². The molecule has 0 aliphatic carbocycles. The van der Waals surface area contributed by atoms with Crippen LogP contribution in [0.1, 0.15) is 22.3 Å². The Kier molecular flexibility index (Phi) is 6.76. The number of aryl methyl sites for hydroxylation is 4. The minimum atomic E-state index is 0. The van der Waals surface area contributed by atoms with E-state index < -0.39 is 0 Å². The molecule has 0 atom stereocenters. The first-order chi connectivity index (χ1) is 6.59. The van der Waals surface area contributed by atoms with Crippen molar-refractivity contribution in [3.8, 4) is 0 Å². The minimum Gasteiger partial charge on any atom is -0.213 e. The molecular formula is C14H18Zr. The Morgan fingerprint density at radius 3 is 1.80 bits per heavy atom. The van der Waals surface area contributed by atoms with Gasteiger partial charge in [-0.2, -0.15) is 34.9 Å². The van der Waals surface area contributed by atoms with E-state index in [0.717, 1.165) is 0 Å². The number of rotatable bonds is 0. The zero-order valence-electron chi connectivity index (χ0n) is 9.96. The summed E-state index contributed by atoms with van der Waals surface area (Å²) in [6, 6.07) is 12.7. The van der Waals surface area contributed by atoms with Crippen LogP contribution < -0.4 is 0 Å². The summed E-state index contributed by atoms with van der Waals surface area (Å²) >= 11 is 0. The maximum atomic E-state index is 2.17. The molecule has 0 saturated heterocycles. The molecule has 0 bridgehead atoms. The Balaban J connectivity index is 0.000000245. The third-order valence-corrected chi connectivity index (χ3v) is 2.38. The fourth-order valence-electron chi connectivity index (χ4n) is 1.32. The molecule has 2 rings (SSSR count). The molecule has 78 valence electrons. The van der Waals surface area contributed by atoms with E-state index in [-0.39, 0.29) is 26.2 Å². The Labute approximate surface area is 112 Å². The van der Waals surface area contributed by atoms with E-state index in [9.17, 15) is 0 Å². The van der Waals surface area contributed by atoms with E-state index in [0.29, 0.717) is 0 Å². The topological polar surface area (TPSA) is 0 Å². The third-order valence-electron chi connectivity index (χ3n) is 2.38. The molecule has 0 fully saturated rings. The van der Waals surface area contributed by atoms with E-state index in [1.807, 2.05) is 0 Å². The van der Waals surface area contributed by atoms with Gasteiger partial charge in [0.25, 0.3) is 0 Å². The van der Waals surface area contributed by atoms with Crippen LogP contribution in [0, 0.1) is 27.7 Å². The van der Waals surface area contributed by atoms with Gasteiger partial charge in [-0.15, -0.1) is 0 Å². The summed E-state index contributed by atoms with van der Waals surface area (Å²) in [6.07, 6.45) is 0. The van der Waals surface area contributed by atoms with Crippen LogP contribution >= 0.6 is 0 Å². The van der Waals surface area contributed by atoms with Gasteiger partial charge in [-0.1, -0.05) is 27.7 Å². The van der Waals surface area contributed by atoms with Crippen molar-refractivity contribution in [1.29, 1.82) is 0 Å². The molecule has 0 N–H and O–H groups in total. The Hall–Kier alpha value is -0.417. The van der Waals surface area contributed by atoms with Crippen molar-refractivity contribution in [1.82, 2.24) is 0 Å². The summed E-state index contributed by atoms with van der Waals surface area (Å²) in [7, 11) is 0. The predicted molar refractivity (Wildman–Crippen MR) is 63.0 cm³/mol. The third kappa shape index (κ3) is 5.28. The summed E-state index contributed by atoms with van der Waals surface area (Å²) in [4.78, 5) is 0. The second-order valence-corrected chi connectivity index (χ2v) is 3.86. The second-order valence-electron chi connectivity index (χ2n) is 3.86. The first-order valence-corrected chi connectivity index (χ1v) is 4.98. The molecule has 0 spiro atoms. The van der Waals surface area contributed by atoms with Gasteiger partial charge in [0.15, 0.2) is 0 Å². The fourth-order valence-corrected chi connectivity index (χ4v) is 1.32. The Bertz CT molecular complexity index is 346. The first kappa shape index (κ1) is 14.6. The quantitative estimate of drug-likeness (QED) is 0.638. The predicted octanol–water partition coefficient (Wildman–Crippen LogP) is 4.04. The molecule has 0 unspecified atom stereocenters. The van der Waals surface area contributed by atoms with Crippen LogP contribution in [0.15, 0.2) is 36.4 Å². The van der Waals surface area contributed by atoms with Crippen molar-refractivity contribution in [2.45, 2.75) is 27.7 Å². The maximum Gasteiger partial charge on any atom is 2.00 e. The summed E-state index contributed by atoms with van der Waals surface area (Å²) < 4.78 is 0. The van der Waals surface area contributed by atoms with Crippen LogP contribution in [0.3, 0.4) is 0 Å². The molecule has 0 nitrogen and oxygen atoms in total. The molecule has 0 saturated carbocycles. The molecule has 1 heteroatoms. The van der Waals surface area contributed by atoms with Crippen LogP contribution in [-0.2, 0) is 26.2 Å². The van der Waals surface area contributed by atoms with Crippen molar-refractivity contribution in [2.75, 3.05) is 0 Å². The van der Waals surface area contributed by atoms with E-state index in [4.69, 9.17) is 0 Å². The molecular weight excluding hydrogens is 259 g/mol. The molecule has 0 aliphatic rings. The monoisotopic (exact) mass is 276 g/mol. The van der Waals surface area contributed by atoms with Crippen molar-refractivity contribution in [3.05, 3.63) is 58.7 Å². The standard InChI is InChI=1S/2C7H9.Zr/c1-6-3-4-7(2)5-6;1-6-4-3-5-7(6)2;/h2*3-5H,1-2H3;/q2*-1;+2. The van der Waals surface area contributed by atoms with Crippen molar-refractivity contribution in [3.63, 3.8) is 0 Å². The largest absolute Gasteiger partial charge is 2.00 e. The van der Waals surface area contributed by atoms with E-state index in [1.165, 1.54) is 22.3 Å². The Morgan fingerprint density at radius 1 is 1.00 bits per heavy atom. The van der Waals surface area contributed by atoms with Crippen LogP contribution in [0.25, 0.3) is 0 Å². The molecule has 2 aromatic rings. The molecule has 0 radical (unpaired) electrons. The van der Waals surface area contributed by atoms with E-state index in [2.05, 4.69) is 64.1 Å². The summed E-state index contributed by atoms with van der Waals surface area (Å²) in [5, 5.41) is 0. The SMILES string of the molecule is Cc1cc[c-](C)c1.Cc1ccc[c-]1C.[Zr+2]. The van der Waals surface area contributed by atoms with Crippen molar-refractivity contribution < 1.29 is 26.2 Å². The molecule has 2 aromatic carbocycles. The van der Waals surface area contributed by atoms with Gasteiger partial charge >= 0.3 is 26.2 Å². The number of hydrogen-bond acceptors (Lipinski definition) is 0. The van der Waals surface area contributed by atoms with Crippen molar-refractivity contribution >= 4 is 0 Å². The van der Waals surface area contributed by atoms with E-state index in [1.54, 1.807) is 0 Å².